The van der Waals surface area contributed by atoms with Gasteiger partial charge in [0.1, 0.15) is 36.8 Å². The summed E-state index contributed by atoms with van der Waals surface area (Å²) in [6.07, 6.45) is 20.8. The van der Waals surface area contributed by atoms with Crippen LogP contribution >= 0.6 is 0 Å². The molecule has 0 amide bonds. The number of esters is 2. The van der Waals surface area contributed by atoms with E-state index >= 15 is 0 Å². The summed E-state index contributed by atoms with van der Waals surface area (Å²) in [4.78, 5) is 25.1. The molecule has 0 aromatic heterocycles. The Balaban J connectivity index is 2.56. The first-order valence-electron chi connectivity index (χ1n) is 19.0. The Kier molecular flexibility index (Phi) is 27.0. The van der Waals surface area contributed by atoms with Crippen LogP contribution in [0, 0.1) is 0 Å². The van der Waals surface area contributed by atoms with Crippen molar-refractivity contribution in [3.63, 3.8) is 0 Å². The smallest absolute Gasteiger partial charge is 0.306 e. The molecule has 51 heavy (non-hydrogen) atoms. The molecule has 0 aromatic carbocycles. The van der Waals surface area contributed by atoms with Crippen molar-refractivity contribution in [2.24, 2.45) is 0 Å². The molecule has 12 nitrogen and oxygen atoms in total. The molecule has 1 aliphatic rings. The van der Waals surface area contributed by atoms with Crippen molar-refractivity contribution < 1.29 is 56.8 Å². The minimum Gasteiger partial charge on any atom is -0.462 e. The Bertz CT molecular complexity index is 1110. The second-order valence-electron chi connectivity index (χ2n) is 13.2. The number of ether oxygens (including phenoxy) is 4. The van der Waals surface area contributed by atoms with Crippen molar-refractivity contribution in [1.82, 2.24) is 0 Å². The number of aliphatic hydroxyl groups is 3. The van der Waals surface area contributed by atoms with E-state index in [4.69, 9.17) is 18.9 Å². The summed E-state index contributed by atoms with van der Waals surface area (Å²) < 4.78 is 53.7. The van der Waals surface area contributed by atoms with Crippen LogP contribution in [0.25, 0.3) is 0 Å². The molecule has 0 radical (unpaired) electrons. The third-order valence-corrected chi connectivity index (χ3v) is 9.22. The third-order valence-electron chi connectivity index (χ3n) is 8.47. The second-order valence-corrected chi connectivity index (χ2v) is 14.7. The highest BCUT2D eigenvalue weighted by Crippen LogP contribution is 2.24. The lowest BCUT2D eigenvalue weighted by Gasteiger charge is -2.40. The van der Waals surface area contributed by atoms with Gasteiger partial charge in [-0.1, -0.05) is 108 Å². The summed E-state index contributed by atoms with van der Waals surface area (Å²) in [5.74, 6) is -2.04. The van der Waals surface area contributed by atoms with E-state index in [-0.39, 0.29) is 19.4 Å². The molecule has 2 unspecified atom stereocenters. The lowest BCUT2D eigenvalue weighted by atomic mass is 10.00. The molecule has 0 saturated carbocycles. The summed E-state index contributed by atoms with van der Waals surface area (Å²) >= 11 is 0. The molecule has 6 atom stereocenters. The van der Waals surface area contributed by atoms with E-state index in [9.17, 15) is 37.9 Å². The molecule has 1 rings (SSSR count). The van der Waals surface area contributed by atoms with E-state index in [1.165, 1.54) is 44.9 Å². The highest BCUT2D eigenvalue weighted by molar-refractivity contribution is 7.85. The van der Waals surface area contributed by atoms with Gasteiger partial charge < -0.3 is 34.3 Å². The normalized spacial score (nSPS) is 21.9. The van der Waals surface area contributed by atoms with Crippen molar-refractivity contribution in [3.8, 4) is 0 Å². The number of hydrogen-bond donors (Lipinski definition) is 4. The molecule has 0 aromatic rings. The van der Waals surface area contributed by atoms with Gasteiger partial charge in [-0.15, -0.1) is 0 Å². The Morgan fingerprint density at radius 2 is 1.18 bits per heavy atom. The van der Waals surface area contributed by atoms with Crippen molar-refractivity contribution in [3.05, 3.63) is 36.5 Å². The van der Waals surface area contributed by atoms with Gasteiger partial charge in [0.2, 0.25) is 0 Å². The zero-order valence-corrected chi connectivity index (χ0v) is 31.8. The lowest BCUT2D eigenvalue weighted by Crippen LogP contribution is -2.60. The Labute approximate surface area is 306 Å². The molecule has 0 spiro atoms. The first-order valence-corrected chi connectivity index (χ1v) is 20.7. The van der Waals surface area contributed by atoms with E-state index in [0.717, 1.165) is 51.4 Å². The maximum Gasteiger partial charge on any atom is 0.306 e. The highest BCUT2D eigenvalue weighted by Gasteiger charge is 2.46. The first-order chi connectivity index (χ1) is 24.5. The fourth-order valence-corrected chi connectivity index (χ4v) is 6.14. The first kappa shape index (κ1) is 46.9. The molecule has 4 N–H and O–H groups in total. The van der Waals surface area contributed by atoms with Crippen LogP contribution in [0.5, 0.6) is 0 Å². The van der Waals surface area contributed by atoms with E-state index in [1.54, 1.807) is 0 Å². The number of aliphatic hydroxyl groups excluding tert-OH is 3. The van der Waals surface area contributed by atoms with Crippen LogP contribution in [0.3, 0.4) is 0 Å². The molecule has 1 fully saturated rings. The van der Waals surface area contributed by atoms with Crippen molar-refractivity contribution >= 4 is 22.1 Å². The molecule has 296 valence electrons. The standard InChI is InChI=1S/C38H66O12S/c1-3-5-7-9-11-13-14-15-16-17-18-19-21-23-25-27-34(40)49-31(28-47-33(39)26-24-22-20-12-10-8-6-4-2)29-48-38-37(43)36(42)35(41)32(50-38)30-51(44,45)46/h11,13,15-16,18-19,31-32,35-38,41-43H,3-10,12,14,17,20-30H2,1-2H3,(H,44,45,46)/b13-11+,16-15+,19-18+/t31-,32-,35-,36?,37?,38+/m1/s1. The number of hydrogen-bond acceptors (Lipinski definition) is 11. The van der Waals surface area contributed by atoms with Crippen LogP contribution in [0.4, 0.5) is 0 Å². The van der Waals surface area contributed by atoms with Gasteiger partial charge in [-0.2, -0.15) is 8.42 Å². The number of allylic oxidation sites excluding steroid dienone is 6. The van der Waals surface area contributed by atoms with Crippen LogP contribution in [0.15, 0.2) is 36.5 Å². The fraction of sp³-hybridized carbons (Fsp3) is 0.789. The van der Waals surface area contributed by atoms with E-state index in [2.05, 4.69) is 50.3 Å². The fourth-order valence-electron chi connectivity index (χ4n) is 5.45. The molecule has 1 saturated heterocycles. The zero-order valence-electron chi connectivity index (χ0n) is 30.9. The Hall–Kier alpha value is -2.13. The highest BCUT2D eigenvalue weighted by atomic mass is 32.2. The van der Waals surface area contributed by atoms with Gasteiger partial charge in [-0.3, -0.25) is 14.1 Å². The van der Waals surface area contributed by atoms with E-state index in [0.29, 0.717) is 12.8 Å². The summed E-state index contributed by atoms with van der Waals surface area (Å²) in [6.45, 7) is 3.62. The largest absolute Gasteiger partial charge is 0.462 e. The molecule has 0 aliphatic carbocycles. The van der Waals surface area contributed by atoms with Crippen molar-refractivity contribution in [1.29, 1.82) is 0 Å². The SMILES string of the molecule is CCCCC/C=C/C/C=C/C/C=C/CCCCC(=O)O[C@H](COC(=O)CCCCCCCCCC)CO[C@H]1O[C@H](CS(=O)(=O)O)[C@@H](O)C(O)C1O. The Morgan fingerprint density at radius 3 is 1.78 bits per heavy atom. The second kappa shape index (κ2) is 29.3. The third kappa shape index (κ3) is 24.7. The summed E-state index contributed by atoms with van der Waals surface area (Å²) in [7, 11) is -4.60. The zero-order chi connectivity index (χ0) is 37.7. The average Bonchev–Trinajstić information content (AvgIpc) is 3.09. The minimum atomic E-state index is -4.60. The number of unbranched alkanes of at least 4 members (excludes halogenated alkanes) is 12. The summed E-state index contributed by atoms with van der Waals surface area (Å²) in [5, 5.41) is 30.7. The number of carbonyl (C=O) groups excluding carboxylic acids is 2. The average molecular weight is 747 g/mol. The quantitative estimate of drug-likeness (QED) is 0.0280. The lowest BCUT2D eigenvalue weighted by molar-refractivity contribution is -0.297. The number of carbonyl (C=O) groups is 2. The predicted molar refractivity (Wildman–Crippen MR) is 196 cm³/mol. The monoisotopic (exact) mass is 746 g/mol. The van der Waals surface area contributed by atoms with Crippen LogP contribution in [0.2, 0.25) is 0 Å². The van der Waals surface area contributed by atoms with Gasteiger partial charge in [-0.05, 0) is 51.4 Å². The van der Waals surface area contributed by atoms with E-state index < -0.39 is 71.2 Å². The summed E-state index contributed by atoms with van der Waals surface area (Å²) in [6, 6.07) is 0. The summed E-state index contributed by atoms with van der Waals surface area (Å²) in [5.41, 5.74) is 0. The molecule has 1 heterocycles. The van der Waals surface area contributed by atoms with Crippen LogP contribution < -0.4 is 0 Å². The molecule has 0 bridgehead atoms. The van der Waals surface area contributed by atoms with Gasteiger partial charge in [0.15, 0.2) is 12.4 Å². The minimum absolute atomic E-state index is 0.116. The van der Waals surface area contributed by atoms with Crippen molar-refractivity contribution in [2.45, 2.75) is 173 Å². The van der Waals surface area contributed by atoms with E-state index in [1.807, 2.05) is 0 Å². The van der Waals surface area contributed by atoms with Gasteiger partial charge >= 0.3 is 11.9 Å². The maximum absolute atomic E-state index is 12.7. The number of rotatable bonds is 30. The molecule has 1 aliphatic heterocycles. The van der Waals surface area contributed by atoms with Crippen LogP contribution in [-0.2, 0) is 38.7 Å². The van der Waals surface area contributed by atoms with Gasteiger partial charge in [-0.25, -0.2) is 0 Å². The van der Waals surface area contributed by atoms with Crippen molar-refractivity contribution in [2.75, 3.05) is 19.0 Å². The van der Waals surface area contributed by atoms with Crippen LogP contribution in [-0.4, -0.2) is 96.0 Å². The van der Waals surface area contributed by atoms with Gasteiger partial charge in [0.25, 0.3) is 10.1 Å². The van der Waals surface area contributed by atoms with Gasteiger partial charge in [0.05, 0.1) is 6.61 Å². The maximum atomic E-state index is 12.7. The molecule has 13 heteroatoms. The predicted octanol–water partition coefficient (Wildman–Crippen LogP) is 6.27. The van der Waals surface area contributed by atoms with Gasteiger partial charge in [0, 0.05) is 12.8 Å². The molecular weight excluding hydrogens is 680 g/mol. The topological polar surface area (TPSA) is 186 Å². The van der Waals surface area contributed by atoms with Crippen LogP contribution in [0.1, 0.15) is 136 Å². The molecular formula is C38H66O12S. The Morgan fingerprint density at radius 1 is 0.667 bits per heavy atom.